The Hall–Kier alpha value is -8.86. The highest BCUT2D eigenvalue weighted by molar-refractivity contribution is 6.24. The molecule has 0 unspecified atom stereocenters. The second kappa shape index (κ2) is 16.8. The molecule has 0 aliphatic heterocycles. The van der Waals surface area contributed by atoms with Crippen molar-refractivity contribution < 1.29 is 8.83 Å². The van der Waals surface area contributed by atoms with Gasteiger partial charge in [0.15, 0.2) is 11.2 Å². The smallest absolute Gasteiger partial charge is 0.178 e. The fraction of sp³-hybridized carbons (Fsp3) is 0.162. The Balaban J connectivity index is 0.834. The van der Waals surface area contributed by atoms with Crippen LogP contribution >= 0.6 is 0 Å². The maximum Gasteiger partial charge on any atom is 0.178 e. The van der Waals surface area contributed by atoms with Gasteiger partial charge in [0.2, 0.25) is 0 Å². The van der Waals surface area contributed by atoms with E-state index in [9.17, 15) is 0 Å². The predicted molar refractivity (Wildman–Crippen MR) is 329 cm³/mol. The van der Waals surface area contributed by atoms with Crippen molar-refractivity contribution >= 4 is 99.5 Å². The third-order valence-corrected chi connectivity index (χ3v) is 17.8. The van der Waals surface area contributed by atoms with Crippen molar-refractivity contribution in [2.75, 3.05) is 9.80 Å². The molecule has 4 heteroatoms. The number of hydrogen-bond acceptors (Lipinski definition) is 4. The van der Waals surface area contributed by atoms with Crippen LogP contribution in [0.5, 0.6) is 0 Å². The molecule has 2 aliphatic carbocycles. The van der Waals surface area contributed by atoms with Crippen LogP contribution in [-0.2, 0) is 10.8 Å². The second-order valence-electron chi connectivity index (χ2n) is 23.7. The lowest BCUT2D eigenvalue weighted by molar-refractivity contribution is 0.637. The van der Waals surface area contributed by atoms with Crippen molar-refractivity contribution in [1.29, 1.82) is 0 Å². The Morgan fingerprint density at radius 2 is 0.615 bits per heavy atom. The molecule has 2 heterocycles. The molecule has 0 radical (unpaired) electrons. The molecule has 2 aromatic heterocycles. The zero-order valence-electron chi connectivity index (χ0n) is 45.5. The SMILES string of the molecule is CC(C)c1ccc(N(c2ccc3c(c2)-c2ccccc2C3(C)C)c2ccc3c(ccc4c5ccc6c7ccc8cc(N(c9ccc(C(C)C)cc9)c9ccc%10c(c9)-c9ccccc9C%10(C)C)ccc8c7oc6c5oc34)c2)cc1. The monoisotopic (exact) mass is 1010 g/mol. The number of rotatable bonds is 8. The van der Waals surface area contributed by atoms with E-state index in [-0.39, 0.29) is 10.8 Å². The van der Waals surface area contributed by atoms with Gasteiger partial charge in [0.05, 0.1) is 0 Å². The fourth-order valence-electron chi connectivity index (χ4n) is 13.5. The molecule has 0 bridgehead atoms. The number of benzene rings is 11. The first-order valence-electron chi connectivity index (χ1n) is 27.8. The van der Waals surface area contributed by atoms with Crippen LogP contribution in [-0.4, -0.2) is 0 Å². The van der Waals surface area contributed by atoms with Gasteiger partial charge in [0, 0.05) is 77.3 Å². The first-order valence-corrected chi connectivity index (χ1v) is 27.8. The van der Waals surface area contributed by atoms with Crippen molar-refractivity contribution in [3.8, 4) is 22.3 Å². The minimum Gasteiger partial charge on any atom is -0.451 e. The molecule has 13 aromatic rings. The minimum absolute atomic E-state index is 0.0687. The lowest BCUT2D eigenvalue weighted by Crippen LogP contribution is -2.15. The van der Waals surface area contributed by atoms with E-state index in [0.29, 0.717) is 11.8 Å². The third-order valence-electron chi connectivity index (χ3n) is 17.8. The van der Waals surface area contributed by atoms with Crippen LogP contribution in [0.2, 0.25) is 0 Å². The van der Waals surface area contributed by atoms with Crippen LogP contribution < -0.4 is 9.80 Å². The standard InChI is InChI=1S/C74H60N2O2/c1-43(2)45-17-23-49(24-18-45)75(53-29-37-67-63(41-53)57-13-9-11-15-65(57)73(67,5)6)51-27-33-55-47(39-51)21-31-59-61-35-36-62-60-32-22-48-40-52(28-34-56(48)70(60)78-72(62)71(61)77-69(55)59)76(50-25-19-46(20-26-50)44(3)4)54-30-38-68-64(42-54)58-14-10-12-16-66(58)74(68,7)8/h9-44H,1-8H3. The molecule has 2 aliphatic rings. The number of hydrogen-bond donors (Lipinski definition) is 0. The highest BCUT2D eigenvalue weighted by Crippen LogP contribution is 2.53. The van der Waals surface area contributed by atoms with Gasteiger partial charge in [-0.3, -0.25) is 0 Å². The van der Waals surface area contributed by atoms with Gasteiger partial charge in [-0.1, -0.05) is 152 Å². The largest absolute Gasteiger partial charge is 0.451 e. The van der Waals surface area contributed by atoms with E-state index in [1.807, 2.05) is 0 Å². The van der Waals surface area contributed by atoms with Gasteiger partial charge in [-0.2, -0.15) is 0 Å². The van der Waals surface area contributed by atoms with Crippen LogP contribution in [0.4, 0.5) is 34.1 Å². The lowest BCUT2D eigenvalue weighted by Gasteiger charge is -2.27. The van der Waals surface area contributed by atoms with Gasteiger partial charge in [-0.25, -0.2) is 0 Å². The third kappa shape index (κ3) is 6.78. The van der Waals surface area contributed by atoms with E-state index in [1.54, 1.807) is 0 Å². The van der Waals surface area contributed by atoms with Gasteiger partial charge < -0.3 is 18.6 Å². The zero-order valence-corrected chi connectivity index (χ0v) is 45.5. The first kappa shape index (κ1) is 46.4. The molecule has 0 saturated heterocycles. The van der Waals surface area contributed by atoms with E-state index < -0.39 is 0 Å². The average molecular weight is 1010 g/mol. The van der Waals surface area contributed by atoms with Crippen LogP contribution in [0, 0.1) is 0 Å². The summed E-state index contributed by atoms with van der Waals surface area (Å²) in [6.07, 6.45) is 0. The van der Waals surface area contributed by atoms with Crippen molar-refractivity contribution in [3.05, 3.63) is 240 Å². The minimum atomic E-state index is -0.0687. The highest BCUT2D eigenvalue weighted by atomic mass is 16.4. The molecule has 0 saturated carbocycles. The molecule has 0 atom stereocenters. The Morgan fingerprint density at radius 3 is 1.03 bits per heavy atom. The summed E-state index contributed by atoms with van der Waals surface area (Å²) in [6, 6.07) is 76.9. The quantitative estimate of drug-likeness (QED) is 0.152. The fourth-order valence-corrected chi connectivity index (χ4v) is 13.5. The molecule has 11 aromatic carbocycles. The summed E-state index contributed by atoms with van der Waals surface area (Å²) in [6.45, 7) is 18.4. The Bertz CT molecular complexity index is 4330. The maximum absolute atomic E-state index is 7.05. The molecule has 378 valence electrons. The summed E-state index contributed by atoms with van der Waals surface area (Å²) in [4.78, 5) is 4.81. The molecular weight excluding hydrogens is 949 g/mol. The summed E-state index contributed by atoms with van der Waals surface area (Å²) in [7, 11) is 0. The molecular formula is C74H60N2O2. The molecule has 0 spiro atoms. The normalized spacial score (nSPS) is 14.1. The summed E-state index contributed by atoms with van der Waals surface area (Å²) in [5.41, 5.74) is 23.1. The summed E-state index contributed by atoms with van der Waals surface area (Å²) < 4.78 is 14.1. The van der Waals surface area contributed by atoms with E-state index in [4.69, 9.17) is 8.83 Å². The Labute approximate surface area is 455 Å². The molecule has 15 rings (SSSR count). The zero-order chi connectivity index (χ0) is 52.9. The number of nitrogens with zero attached hydrogens (tertiary/aromatic N) is 2. The van der Waals surface area contributed by atoms with Gasteiger partial charge in [0.25, 0.3) is 0 Å². The topological polar surface area (TPSA) is 32.8 Å². The summed E-state index contributed by atoms with van der Waals surface area (Å²) in [5, 5.41) is 8.58. The van der Waals surface area contributed by atoms with Gasteiger partial charge in [-0.05, 0) is 187 Å². The summed E-state index contributed by atoms with van der Waals surface area (Å²) >= 11 is 0. The van der Waals surface area contributed by atoms with Crippen LogP contribution in [0.15, 0.2) is 215 Å². The van der Waals surface area contributed by atoms with Crippen LogP contribution in [0.3, 0.4) is 0 Å². The Kier molecular flexibility index (Phi) is 10.0. The van der Waals surface area contributed by atoms with Crippen LogP contribution in [0.25, 0.3) is 87.7 Å². The second-order valence-corrected chi connectivity index (χ2v) is 23.7. The lowest BCUT2D eigenvalue weighted by atomic mass is 9.82. The predicted octanol–water partition coefficient (Wildman–Crippen LogP) is 21.6. The molecule has 0 amide bonds. The van der Waals surface area contributed by atoms with Crippen molar-refractivity contribution in [3.63, 3.8) is 0 Å². The van der Waals surface area contributed by atoms with E-state index >= 15 is 0 Å². The van der Waals surface area contributed by atoms with E-state index in [0.717, 1.165) is 99.5 Å². The van der Waals surface area contributed by atoms with Crippen molar-refractivity contribution in [2.45, 2.75) is 78.1 Å². The van der Waals surface area contributed by atoms with Crippen LogP contribution in [0.1, 0.15) is 101 Å². The first-order chi connectivity index (χ1) is 37.8. The van der Waals surface area contributed by atoms with Gasteiger partial charge in [0.1, 0.15) is 11.2 Å². The molecule has 78 heavy (non-hydrogen) atoms. The number of anilines is 6. The number of furan rings is 2. The maximum atomic E-state index is 7.05. The van der Waals surface area contributed by atoms with E-state index in [2.05, 4.69) is 271 Å². The average Bonchev–Trinajstić information content (AvgIpc) is 4.38. The van der Waals surface area contributed by atoms with Gasteiger partial charge >= 0.3 is 0 Å². The molecule has 0 fully saturated rings. The summed E-state index contributed by atoms with van der Waals surface area (Å²) in [5.74, 6) is 0.882. The van der Waals surface area contributed by atoms with E-state index in [1.165, 1.54) is 55.6 Å². The molecule has 4 nitrogen and oxygen atoms in total. The highest BCUT2D eigenvalue weighted by Gasteiger charge is 2.37. The Morgan fingerprint density at radius 1 is 0.295 bits per heavy atom. The van der Waals surface area contributed by atoms with Crippen molar-refractivity contribution in [2.24, 2.45) is 0 Å². The van der Waals surface area contributed by atoms with Crippen molar-refractivity contribution in [1.82, 2.24) is 0 Å². The number of fused-ring (bicyclic) bond motifs is 17. The molecule has 0 N–H and O–H groups in total. The van der Waals surface area contributed by atoms with Gasteiger partial charge in [-0.15, -0.1) is 0 Å².